The van der Waals surface area contributed by atoms with Gasteiger partial charge >= 0.3 is 0 Å². The molecule has 14 heavy (non-hydrogen) atoms. The molecule has 1 N–H and O–H groups in total. The van der Waals surface area contributed by atoms with Gasteiger partial charge in [0, 0.05) is 6.04 Å². The average Bonchev–Trinajstić information content (AvgIpc) is 2.11. The van der Waals surface area contributed by atoms with Crippen LogP contribution in [0.15, 0.2) is 12.2 Å². The molecule has 0 radical (unpaired) electrons. The summed E-state index contributed by atoms with van der Waals surface area (Å²) < 4.78 is 0. The van der Waals surface area contributed by atoms with Crippen LogP contribution in [0.25, 0.3) is 0 Å². The molecule has 0 aliphatic heterocycles. The molecule has 0 aromatic heterocycles. The second-order valence-corrected chi connectivity index (χ2v) is 4.50. The van der Waals surface area contributed by atoms with Gasteiger partial charge < -0.3 is 5.32 Å². The number of rotatable bonds is 8. The van der Waals surface area contributed by atoms with Crippen LogP contribution in [0.3, 0.4) is 0 Å². The summed E-state index contributed by atoms with van der Waals surface area (Å²) >= 11 is 0. The van der Waals surface area contributed by atoms with Gasteiger partial charge in [0.15, 0.2) is 0 Å². The van der Waals surface area contributed by atoms with Gasteiger partial charge in [-0.05, 0) is 25.3 Å². The lowest BCUT2D eigenvalue weighted by Gasteiger charge is -2.06. The highest BCUT2D eigenvalue weighted by atomic mass is 14.9. The molecule has 0 saturated carbocycles. The van der Waals surface area contributed by atoms with Gasteiger partial charge in [-0.2, -0.15) is 0 Å². The first-order valence-electron chi connectivity index (χ1n) is 6.05. The van der Waals surface area contributed by atoms with E-state index >= 15 is 0 Å². The highest BCUT2D eigenvalue weighted by molar-refractivity contribution is 4.83. The summed E-state index contributed by atoms with van der Waals surface area (Å²) in [6.45, 7) is 10.1. The highest BCUT2D eigenvalue weighted by Crippen LogP contribution is 2.10. The van der Waals surface area contributed by atoms with E-state index in [0.29, 0.717) is 6.04 Å². The second kappa shape index (κ2) is 9.26. The molecule has 0 aliphatic carbocycles. The predicted octanol–water partition coefficient (Wildman–Crippen LogP) is 3.76. The third-order valence-corrected chi connectivity index (χ3v) is 2.35. The van der Waals surface area contributed by atoms with Crippen LogP contribution in [0.2, 0.25) is 0 Å². The van der Waals surface area contributed by atoms with E-state index in [-0.39, 0.29) is 0 Å². The molecule has 0 saturated heterocycles. The van der Waals surface area contributed by atoms with E-state index in [9.17, 15) is 0 Å². The van der Waals surface area contributed by atoms with E-state index in [1.807, 2.05) is 0 Å². The van der Waals surface area contributed by atoms with E-state index in [1.165, 1.54) is 19.3 Å². The topological polar surface area (TPSA) is 12.0 Å². The highest BCUT2D eigenvalue weighted by Gasteiger charge is 1.95. The molecule has 1 nitrogen and oxygen atoms in total. The predicted molar refractivity (Wildman–Crippen MR) is 65.6 cm³/mol. The number of hydrogen-bond donors (Lipinski definition) is 1. The van der Waals surface area contributed by atoms with Crippen molar-refractivity contribution in [3.8, 4) is 0 Å². The lowest BCUT2D eigenvalue weighted by Crippen LogP contribution is -2.23. The smallest absolute Gasteiger partial charge is 0.00105 e. The fourth-order valence-corrected chi connectivity index (χ4v) is 1.51. The normalized spacial score (nSPS) is 14.1. The van der Waals surface area contributed by atoms with Crippen LogP contribution >= 0.6 is 0 Å². The zero-order valence-electron chi connectivity index (χ0n) is 10.3. The van der Waals surface area contributed by atoms with E-state index < -0.39 is 0 Å². The maximum atomic E-state index is 3.41. The lowest BCUT2D eigenvalue weighted by atomic mass is 10.0. The molecule has 0 aromatic rings. The van der Waals surface area contributed by atoms with Crippen LogP contribution in [0.5, 0.6) is 0 Å². The maximum absolute atomic E-state index is 3.41. The van der Waals surface area contributed by atoms with Crippen molar-refractivity contribution < 1.29 is 0 Å². The zero-order valence-corrected chi connectivity index (χ0v) is 10.3. The quantitative estimate of drug-likeness (QED) is 0.461. The SMILES string of the molecule is CCCC(C)CC=CCCNC(C)C. The third-order valence-electron chi connectivity index (χ3n) is 2.35. The van der Waals surface area contributed by atoms with Gasteiger partial charge in [0.25, 0.3) is 0 Å². The molecule has 0 aliphatic rings. The van der Waals surface area contributed by atoms with Gasteiger partial charge in [-0.25, -0.2) is 0 Å². The van der Waals surface area contributed by atoms with Crippen LogP contribution in [0, 0.1) is 5.92 Å². The van der Waals surface area contributed by atoms with Crippen molar-refractivity contribution in [1.82, 2.24) is 5.32 Å². The minimum absolute atomic E-state index is 0.613. The Morgan fingerprint density at radius 3 is 2.43 bits per heavy atom. The fourth-order valence-electron chi connectivity index (χ4n) is 1.51. The van der Waals surface area contributed by atoms with Gasteiger partial charge in [0.2, 0.25) is 0 Å². The van der Waals surface area contributed by atoms with Gasteiger partial charge in [-0.15, -0.1) is 0 Å². The van der Waals surface area contributed by atoms with Crippen molar-refractivity contribution in [1.29, 1.82) is 0 Å². The minimum Gasteiger partial charge on any atom is -0.314 e. The Labute approximate surface area is 90.0 Å². The molecule has 1 unspecified atom stereocenters. The Morgan fingerprint density at radius 1 is 1.14 bits per heavy atom. The van der Waals surface area contributed by atoms with Crippen LogP contribution in [-0.4, -0.2) is 12.6 Å². The van der Waals surface area contributed by atoms with Crippen LogP contribution < -0.4 is 5.32 Å². The Bertz CT molecular complexity index is 138. The lowest BCUT2D eigenvalue weighted by molar-refractivity contribution is 0.531. The molecule has 84 valence electrons. The van der Waals surface area contributed by atoms with Crippen molar-refractivity contribution >= 4 is 0 Å². The molecule has 1 heteroatoms. The summed E-state index contributed by atoms with van der Waals surface area (Å²) in [4.78, 5) is 0. The van der Waals surface area contributed by atoms with Crippen LogP contribution in [0.1, 0.15) is 53.4 Å². The standard InChI is InChI=1S/C13H27N/c1-5-9-13(4)10-7-6-8-11-14-12(2)3/h6-7,12-14H,5,8-11H2,1-4H3. The third kappa shape index (κ3) is 9.79. The van der Waals surface area contributed by atoms with Crippen LogP contribution in [-0.2, 0) is 0 Å². The van der Waals surface area contributed by atoms with Crippen molar-refractivity contribution in [3.05, 3.63) is 12.2 Å². The van der Waals surface area contributed by atoms with Crippen molar-refractivity contribution in [2.75, 3.05) is 6.54 Å². The minimum atomic E-state index is 0.613. The van der Waals surface area contributed by atoms with Crippen LogP contribution in [0.4, 0.5) is 0 Å². The van der Waals surface area contributed by atoms with E-state index in [0.717, 1.165) is 18.9 Å². The molecule has 0 rings (SSSR count). The van der Waals surface area contributed by atoms with Crippen molar-refractivity contribution in [3.63, 3.8) is 0 Å². The Morgan fingerprint density at radius 2 is 1.86 bits per heavy atom. The first-order chi connectivity index (χ1) is 6.66. The Kier molecular flexibility index (Phi) is 9.06. The summed E-state index contributed by atoms with van der Waals surface area (Å²) in [5, 5.41) is 3.41. The Hall–Kier alpha value is -0.300. The van der Waals surface area contributed by atoms with Gasteiger partial charge in [-0.3, -0.25) is 0 Å². The van der Waals surface area contributed by atoms with E-state index in [2.05, 4.69) is 45.2 Å². The molecule has 0 spiro atoms. The second-order valence-electron chi connectivity index (χ2n) is 4.50. The van der Waals surface area contributed by atoms with Gasteiger partial charge in [0.1, 0.15) is 0 Å². The first-order valence-corrected chi connectivity index (χ1v) is 6.05. The monoisotopic (exact) mass is 197 g/mol. The first kappa shape index (κ1) is 13.7. The molecular formula is C13H27N. The molecule has 0 heterocycles. The van der Waals surface area contributed by atoms with Gasteiger partial charge in [-0.1, -0.05) is 52.7 Å². The molecule has 1 atom stereocenters. The number of hydrogen-bond acceptors (Lipinski definition) is 1. The summed E-state index contributed by atoms with van der Waals surface area (Å²) in [6, 6.07) is 0.613. The largest absolute Gasteiger partial charge is 0.314 e. The average molecular weight is 197 g/mol. The maximum Gasteiger partial charge on any atom is 0.00105 e. The molecule has 0 aromatic carbocycles. The summed E-state index contributed by atoms with van der Waals surface area (Å²) in [5.74, 6) is 0.856. The molecule has 0 amide bonds. The summed E-state index contributed by atoms with van der Waals surface area (Å²) in [6.07, 6.45) is 9.72. The molecular weight excluding hydrogens is 170 g/mol. The molecule has 0 bridgehead atoms. The van der Waals surface area contributed by atoms with Crippen molar-refractivity contribution in [2.45, 2.75) is 59.4 Å². The zero-order chi connectivity index (χ0) is 10.8. The summed E-state index contributed by atoms with van der Waals surface area (Å²) in [7, 11) is 0. The molecule has 0 fully saturated rings. The fraction of sp³-hybridized carbons (Fsp3) is 0.846. The van der Waals surface area contributed by atoms with Crippen molar-refractivity contribution in [2.24, 2.45) is 5.92 Å². The summed E-state index contributed by atoms with van der Waals surface area (Å²) in [5.41, 5.74) is 0. The number of nitrogens with one attached hydrogen (secondary N) is 1. The van der Waals surface area contributed by atoms with E-state index in [4.69, 9.17) is 0 Å². The Balaban J connectivity index is 3.26. The number of allylic oxidation sites excluding steroid dienone is 1. The van der Waals surface area contributed by atoms with Gasteiger partial charge in [0.05, 0.1) is 0 Å². The van der Waals surface area contributed by atoms with E-state index in [1.54, 1.807) is 0 Å².